The highest BCUT2D eigenvalue weighted by atomic mass is 35.5. The fraction of sp³-hybridized carbons (Fsp3) is 0.158. The molecule has 3 nitrogen and oxygen atoms in total. The lowest BCUT2D eigenvalue weighted by atomic mass is 10.1. The van der Waals surface area contributed by atoms with Gasteiger partial charge in [0.2, 0.25) is 0 Å². The number of esters is 1. The molecule has 0 amide bonds. The van der Waals surface area contributed by atoms with Gasteiger partial charge in [-0.3, -0.25) is 0 Å². The zero-order valence-electron chi connectivity index (χ0n) is 13.4. The SMILES string of the molecule is CSc1ccc2cc(COC(=O)c3ccc(C)cc3)c(Cl)nc2c1. The molecule has 0 saturated heterocycles. The Morgan fingerprint density at radius 2 is 1.92 bits per heavy atom. The van der Waals surface area contributed by atoms with Crippen LogP contribution >= 0.6 is 23.4 Å². The normalized spacial score (nSPS) is 10.8. The van der Waals surface area contributed by atoms with Crippen molar-refractivity contribution in [1.29, 1.82) is 0 Å². The lowest BCUT2D eigenvalue weighted by molar-refractivity contribution is 0.0472. The van der Waals surface area contributed by atoms with Crippen LogP contribution in [0.4, 0.5) is 0 Å². The van der Waals surface area contributed by atoms with E-state index in [0.29, 0.717) is 16.3 Å². The molecule has 0 spiro atoms. The van der Waals surface area contributed by atoms with Crippen molar-refractivity contribution < 1.29 is 9.53 Å². The van der Waals surface area contributed by atoms with Crippen molar-refractivity contribution in [2.45, 2.75) is 18.4 Å². The lowest BCUT2D eigenvalue weighted by Gasteiger charge is -2.08. The van der Waals surface area contributed by atoms with Crippen molar-refractivity contribution >= 4 is 40.2 Å². The van der Waals surface area contributed by atoms with Gasteiger partial charge in [0.15, 0.2) is 0 Å². The van der Waals surface area contributed by atoms with Crippen molar-refractivity contribution in [3.8, 4) is 0 Å². The molecule has 0 atom stereocenters. The Morgan fingerprint density at radius 1 is 1.17 bits per heavy atom. The minimum Gasteiger partial charge on any atom is -0.457 e. The zero-order chi connectivity index (χ0) is 17.1. The first kappa shape index (κ1) is 16.8. The van der Waals surface area contributed by atoms with Crippen LogP contribution in [0.5, 0.6) is 0 Å². The molecule has 0 bridgehead atoms. The standard InChI is InChI=1S/C19H16ClNO2S/c1-12-3-5-13(6-4-12)19(22)23-11-15-9-14-7-8-16(24-2)10-17(14)21-18(15)20/h3-10H,11H2,1-2H3. The summed E-state index contributed by atoms with van der Waals surface area (Å²) in [6, 6.07) is 15.2. The van der Waals surface area contributed by atoms with Crippen LogP contribution in [0.2, 0.25) is 5.15 Å². The van der Waals surface area contributed by atoms with Gasteiger partial charge in [0.05, 0.1) is 11.1 Å². The van der Waals surface area contributed by atoms with Gasteiger partial charge in [-0.05, 0) is 43.5 Å². The number of halogens is 1. The number of ether oxygens (including phenoxy) is 1. The van der Waals surface area contributed by atoms with Crippen molar-refractivity contribution in [2.24, 2.45) is 0 Å². The summed E-state index contributed by atoms with van der Waals surface area (Å²) in [5.41, 5.74) is 3.15. The van der Waals surface area contributed by atoms with E-state index >= 15 is 0 Å². The summed E-state index contributed by atoms with van der Waals surface area (Å²) in [4.78, 5) is 17.6. The quantitative estimate of drug-likeness (QED) is 0.362. The molecule has 0 N–H and O–H groups in total. The number of thioether (sulfide) groups is 1. The minimum atomic E-state index is -0.371. The van der Waals surface area contributed by atoms with Gasteiger partial charge in [-0.25, -0.2) is 9.78 Å². The summed E-state index contributed by atoms with van der Waals surface area (Å²) < 4.78 is 5.36. The van der Waals surface area contributed by atoms with E-state index in [1.165, 1.54) is 0 Å². The lowest BCUT2D eigenvalue weighted by Crippen LogP contribution is -2.06. The molecule has 3 rings (SSSR count). The largest absolute Gasteiger partial charge is 0.457 e. The molecule has 1 heterocycles. The second-order valence-electron chi connectivity index (χ2n) is 5.44. The molecule has 24 heavy (non-hydrogen) atoms. The van der Waals surface area contributed by atoms with Crippen molar-refractivity contribution in [1.82, 2.24) is 4.98 Å². The molecule has 0 saturated carbocycles. The maximum absolute atomic E-state index is 12.1. The Kier molecular flexibility index (Phi) is 5.07. The number of fused-ring (bicyclic) bond motifs is 1. The van der Waals surface area contributed by atoms with E-state index in [2.05, 4.69) is 4.98 Å². The molecule has 1 aromatic heterocycles. The molecular formula is C19H16ClNO2S. The van der Waals surface area contributed by atoms with Gasteiger partial charge < -0.3 is 4.74 Å². The molecule has 0 aliphatic carbocycles. The van der Waals surface area contributed by atoms with Crippen molar-refractivity contribution in [3.63, 3.8) is 0 Å². The number of hydrogen-bond acceptors (Lipinski definition) is 4. The van der Waals surface area contributed by atoms with Crippen LogP contribution in [-0.2, 0) is 11.3 Å². The maximum Gasteiger partial charge on any atom is 0.338 e. The summed E-state index contributed by atoms with van der Waals surface area (Å²) in [5.74, 6) is -0.371. The zero-order valence-corrected chi connectivity index (χ0v) is 14.9. The highest BCUT2D eigenvalue weighted by Gasteiger charge is 2.11. The number of aryl methyl sites for hydroxylation is 1. The van der Waals surface area contributed by atoms with E-state index in [4.69, 9.17) is 16.3 Å². The van der Waals surface area contributed by atoms with Crippen LogP contribution in [-0.4, -0.2) is 17.2 Å². The van der Waals surface area contributed by atoms with E-state index in [1.54, 1.807) is 23.9 Å². The molecule has 3 aromatic rings. The molecule has 0 fully saturated rings. The molecule has 0 aliphatic rings. The average Bonchev–Trinajstić information content (AvgIpc) is 2.59. The Hall–Kier alpha value is -2.04. The molecule has 122 valence electrons. The third-order valence-electron chi connectivity index (χ3n) is 3.70. The summed E-state index contributed by atoms with van der Waals surface area (Å²) in [6.07, 6.45) is 2.02. The number of carbonyl (C=O) groups excluding carboxylic acids is 1. The van der Waals surface area contributed by atoms with Crippen LogP contribution < -0.4 is 0 Å². The molecule has 0 radical (unpaired) electrons. The number of aromatic nitrogens is 1. The average molecular weight is 358 g/mol. The fourth-order valence-electron chi connectivity index (χ4n) is 2.31. The highest BCUT2D eigenvalue weighted by molar-refractivity contribution is 7.98. The van der Waals surface area contributed by atoms with E-state index in [1.807, 2.05) is 49.6 Å². The first-order valence-electron chi connectivity index (χ1n) is 7.44. The van der Waals surface area contributed by atoms with Crippen molar-refractivity contribution in [2.75, 3.05) is 6.26 Å². The van der Waals surface area contributed by atoms with Crippen LogP contribution in [0.1, 0.15) is 21.5 Å². The third kappa shape index (κ3) is 3.71. The van der Waals surface area contributed by atoms with Crippen molar-refractivity contribution in [3.05, 3.63) is 70.4 Å². The maximum atomic E-state index is 12.1. The first-order chi connectivity index (χ1) is 11.6. The van der Waals surface area contributed by atoms with Crippen LogP contribution in [0.15, 0.2) is 53.4 Å². The molecule has 5 heteroatoms. The van der Waals surface area contributed by atoms with E-state index < -0.39 is 0 Å². The van der Waals surface area contributed by atoms with Gasteiger partial charge >= 0.3 is 5.97 Å². The van der Waals surface area contributed by atoms with E-state index in [0.717, 1.165) is 21.4 Å². The van der Waals surface area contributed by atoms with Gasteiger partial charge in [-0.15, -0.1) is 11.8 Å². The summed E-state index contributed by atoms with van der Waals surface area (Å²) in [6.45, 7) is 2.07. The third-order valence-corrected chi connectivity index (χ3v) is 4.75. The topological polar surface area (TPSA) is 39.2 Å². The van der Waals surface area contributed by atoms with Crippen LogP contribution in [0, 0.1) is 6.92 Å². The first-order valence-corrected chi connectivity index (χ1v) is 9.04. The van der Waals surface area contributed by atoms with Crippen LogP contribution in [0.25, 0.3) is 10.9 Å². The Balaban J connectivity index is 1.78. The van der Waals surface area contributed by atoms with E-state index in [9.17, 15) is 4.79 Å². The smallest absolute Gasteiger partial charge is 0.338 e. The van der Waals surface area contributed by atoms with Gasteiger partial charge in [0.25, 0.3) is 0 Å². The number of carbonyl (C=O) groups is 1. The minimum absolute atomic E-state index is 0.0960. The number of rotatable bonds is 4. The predicted octanol–water partition coefficient (Wildman–Crippen LogP) is 5.28. The Labute approximate surface area is 150 Å². The summed E-state index contributed by atoms with van der Waals surface area (Å²) in [7, 11) is 0. The summed E-state index contributed by atoms with van der Waals surface area (Å²) >= 11 is 7.89. The summed E-state index contributed by atoms with van der Waals surface area (Å²) in [5, 5.41) is 1.33. The second kappa shape index (κ2) is 7.24. The Bertz CT molecular complexity index is 894. The van der Waals surface area contributed by atoms with Crippen LogP contribution in [0.3, 0.4) is 0 Å². The molecular weight excluding hydrogens is 342 g/mol. The second-order valence-corrected chi connectivity index (χ2v) is 6.68. The number of benzene rings is 2. The van der Waals surface area contributed by atoms with Gasteiger partial charge in [-0.1, -0.05) is 35.4 Å². The molecule has 0 aliphatic heterocycles. The number of pyridine rings is 1. The number of nitrogens with zero attached hydrogens (tertiary/aromatic N) is 1. The van der Waals surface area contributed by atoms with E-state index in [-0.39, 0.29) is 12.6 Å². The fourth-order valence-corrected chi connectivity index (χ4v) is 2.95. The molecule has 0 unspecified atom stereocenters. The van der Waals surface area contributed by atoms with Gasteiger partial charge in [0.1, 0.15) is 11.8 Å². The van der Waals surface area contributed by atoms with Gasteiger partial charge in [-0.2, -0.15) is 0 Å². The highest BCUT2D eigenvalue weighted by Crippen LogP contribution is 2.25. The Morgan fingerprint density at radius 3 is 2.62 bits per heavy atom. The predicted molar refractivity (Wildman–Crippen MR) is 98.8 cm³/mol. The van der Waals surface area contributed by atoms with Gasteiger partial charge in [0, 0.05) is 15.8 Å². The number of hydrogen-bond donors (Lipinski definition) is 0. The molecule has 2 aromatic carbocycles. The monoisotopic (exact) mass is 357 g/mol.